The van der Waals surface area contributed by atoms with Gasteiger partial charge in [0.05, 0.1) is 40.7 Å². The van der Waals surface area contributed by atoms with Gasteiger partial charge in [-0.25, -0.2) is 9.97 Å². The molecule has 2 saturated heterocycles. The molecule has 314 valence electrons. The van der Waals surface area contributed by atoms with Gasteiger partial charge in [0.1, 0.15) is 11.0 Å². The molecule has 2 amide bonds. The molecule has 9 rings (SSSR count). The van der Waals surface area contributed by atoms with Crippen molar-refractivity contribution < 1.29 is 9.59 Å². The van der Waals surface area contributed by atoms with Crippen molar-refractivity contribution >= 4 is 57.1 Å². The number of carbonyl (C=O) groups excluding carboxylic acids is 2. The van der Waals surface area contributed by atoms with E-state index in [2.05, 4.69) is 54.5 Å². The molecule has 0 atom stereocenters. The smallest absolute Gasteiger partial charge is 0.222 e. The number of amides is 2. The van der Waals surface area contributed by atoms with Crippen LogP contribution < -0.4 is 5.32 Å². The molecule has 2 aliphatic rings. The van der Waals surface area contributed by atoms with Crippen LogP contribution in [0.3, 0.4) is 0 Å². The van der Waals surface area contributed by atoms with E-state index in [1.807, 2.05) is 92.7 Å². The molecule has 0 spiro atoms. The van der Waals surface area contributed by atoms with Gasteiger partial charge in [0.15, 0.2) is 5.82 Å². The number of fused-ring (bicyclic) bond motifs is 2. The van der Waals surface area contributed by atoms with Crippen molar-refractivity contribution in [1.82, 2.24) is 59.5 Å². The fourth-order valence-electron chi connectivity index (χ4n) is 7.58. The van der Waals surface area contributed by atoms with E-state index in [1.54, 1.807) is 12.3 Å². The maximum Gasteiger partial charge on any atom is 0.222 e. The van der Waals surface area contributed by atoms with Gasteiger partial charge in [0.25, 0.3) is 0 Å². The average molecular weight is 840 g/mol. The molecule has 15 nitrogen and oxygen atoms in total. The van der Waals surface area contributed by atoms with E-state index in [9.17, 15) is 9.59 Å². The topological polar surface area (TPSA) is 166 Å². The minimum atomic E-state index is 0.278. The predicted molar refractivity (Wildman–Crippen MR) is 236 cm³/mol. The molecule has 1 N–H and O–H groups in total. The normalized spacial score (nSPS) is 14.5. The summed E-state index contributed by atoms with van der Waals surface area (Å²) in [6, 6.07) is 13.4. The fourth-order valence-corrected chi connectivity index (χ4v) is 7.73. The fraction of sp³-hybridized carbons (Fsp3) is 0.378. The van der Waals surface area contributed by atoms with Crippen LogP contribution in [0.15, 0.2) is 85.8 Å². The number of carbonyl (C=O) groups is 2. The Morgan fingerprint density at radius 1 is 0.623 bits per heavy atom. The Kier molecular flexibility index (Phi) is 13.1. The lowest BCUT2D eigenvalue weighted by Gasteiger charge is -2.26. The lowest BCUT2D eigenvalue weighted by molar-refractivity contribution is -0.134. The number of rotatable bonds is 13. The second-order valence-electron chi connectivity index (χ2n) is 15.9. The molecule has 0 aliphatic carbocycles. The van der Waals surface area contributed by atoms with Crippen molar-refractivity contribution in [2.24, 2.45) is 0 Å². The van der Waals surface area contributed by atoms with Gasteiger partial charge in [-0.15, -0.1) is 5.10 Å². The van der Waals surface area contributed by atoms with Crippen molar-refractivity contribution in [3.63, 3.8) is 0 Å². The van der Waals surface area contributed by atoms with Gasteiger partial charge < -0.3 is 15.1 Å². The lowest BCUT2D eigenvalue weighted by Crippen LogP contribution is -2.36. The van der Waals surface area contributed by atoms with Crippen LogP contribution in [0, 0.1) is 0 Å². The number of nitrogens with one attached hydrogen (secondary N) is 1. The Hall–Kier alpha value is -6.35. The third-order valence-corrected chi connectivity index (χ3v) is 11.3. The zero-order chi connectivity index (χ0) is 42.1. The number of pyridine rings is 4. The van der Waals surface area contributed by atoms with Crippen molar-refractivity contribution in [1.29, 1.82) is 0 Å². The van der Waals surface area contributed by atoms with Crippen LogP contribution in [0.1, 0.15) is 76.7 Å². The number of aromatic nitrogens is 10. The largest absolute Gasteiger partial charge is 0.343 e. The molecule has 61 heavy (non-hydrogen) atoms. The van der Waals surface area contributed by atoms with E-state index in [1.165, 1.54) is 0 Å². The molecule has 7 aromatic rings. The highest BCUT2D eigenvalue weighted by Crippen LogP contribution is 2.25. The van der Waals surface area contributed by atoms with Crippen LogP contribution in [0.4, 0.5) is 11.6 Å². The number of hydrogen-bond donors (Lipinski definition) is 1. The number of piperidine rings is 2. The molecule has 0 radical (unpaired) electrons. The average Bonchev–Trinajstić information content (AvgIpc) is 3.95. The number of likely N-dealkylation sites (tertiary alicyclic amines) is 2. The minimum absolute atomic E-state index is 0.278. The van der Waals surface area contributed by atoms with Crippen molar-refractivity contribution in [2.75, 3.05) is 31.5 Å². The highest BCUT2D eigenvalue weighted by Gasteiger charge is 2.18. The zero-order valence-corrected chi connectivity index (χ0v) is 35.4. The number of anilines is 2. The summed E-state index contributed by atoms with van der Waals surface area (Å²) >= 11 is 5.97. The van der Waals surface area contributed by atoms with Gasteiger partial charge >= 0.3 is 0 Å². The second kappa shape index (κ2) is 19.4. The van der Waals surface area contributed by atoms with Gasteiger partial charge in [-0.05, 0) is 92.5 Å². The summed E-state index contributed by atoms with van der Waals surface area (Å²) in [5, 5.41) is 20.9. The minimum Gasteiger partial charge on any atom is -0.343 e. The molecule has 0 unspecified atom stereocenters. The first-order chi connectivity index (χ1) is 29.7. The summed E-state index contributed by atoms with van der Waals surface area (Å²) in [5.41, 5.74) is 8.22. The Labute approximate surface area is 359 Å². The van der Waals surface area contributed by atoms with Crippen LogP contribution in [-0.2, 0) is 22.7 Å². The van der Waals surface area contributed by atoms with Crippen LogP contribution in [-0.4, -0.2) is 97.5 Å². The first-order valence-electron chi connectivity index (χ1n) is 21.1. The van der Waals surface area contributed by atoms with E-state index in [0.29, 0.717) is 35.5 Å². The molecule has 0 bridgehead atoms. The third kappa shape index (κ3) is 10.7. The standard InChI is InChI=1S/C26H30N8O.C19H20ClN5O/c1-18(2)19-13-25(32-28-15-19)31-24-8-7-22-23(30-24)12-20(14-27-22)21-16-29-34(17-21)11-5-10-33-9-4-3-6-26(33)35;20-18-6-5-16-17(23-18)10-14(11-21-16)15-12-22-25(13-15)9-3-8-24-7-2-1-4-19(24)26/h7-8,12-18H,3-6,9-11H2,1-2H3,(H,30,31,32);5-6,10-13H,1-4,7-9H2. The zero-order valence-electron chi connectivity index (χ0n) is 34.6. The molecular formula is C45H50ClN13O2. The molecule has 7 aromatic heterocycles. The molecule has 0 aromatic carbocycles. The van der Waals surface area contributed by atoms with Crippen LogP contribution >= 0.6 is 11.6 Å². The van der Waals surface area contributed by atoms with Crippen molar-refractivity contribution in [2.45, 2.75) is 84.2 Å². The number of halogens is 1. The Morgan fingerprint density at radius 3 is 1.77 bits per heavy atom. The molecule has 2 aliphatic heterocycles. The number of nitrogens with zero attached hydrogens (tertiary/aromatic N) is 12. The molecule has 16 heteroatoms. The quantitative estimate of drug-likeness (QED) is 0.112. The van der Waals surface area contributed by atoms with E-state index >= 15 is 0 Å². The molecule has 0 saturated carbocycles. The van der Waals surface area contributed by atoms with Gasteiger partial charge in [-0.1, -0.05) is 25.4 Å². The first-order valence-corrected chi connectivity index (χ1v) is 21.5. The number of aryl methyl sites for hydroxylation is 2. The monoisotopic (exact) mass is 839 g/mol. The molecule has 2 fully saturated rings. The van der Waals surface area contributed by atoms with Gasteiger partial charge in [-0.3, -0.25) is 28.9 Å². The second-order valence-corrected chi connectivity index (χ2v) is 16.3. The first kappa shape index (κ1) is 41.4. The van der Waals surface area contributed by atoms with Crippen LogP contribution in [0.25, 0.3) is 44.3 Å². The van der Waals surface area contributed by atoms with Crippen molar-refractivity contribution in [3.05, 3.63) is 96.6 Å². The van der Waals surface area contributed by atoms with Crippen LogP contribution in [0.2, 0.25) is 5.15 Å². The van der Waals surface area contributed by atoms with Gasteiger partial charge in [0, 0.05) is 99.2 Å². The van der Waals surface area contributed by atoms with E-state index < -0.39 is 0 Å². The van der Waals surface area contributed by atoms with E-state index in [0.717, 1.165) is 128 Å². The summed E-state index contributed by atoms with van der Waals surface area (Å²) in [7, 11) is 0. The Balaban J connectivity index is 0.000000176. The lowest BCUT2D eigenvalue weighted by atomic mass is 10.1. The summed E-state index contributed by atoms with van der Waals surface area (Å²) < 4.78 is 3.85. The van der Waals surface area contributed by atoms with E-state index in [-0.39, 0.29) is 11.8 Å². The Bertz CT molecular complexity index is 2620. The Morgan fingerprint density at radius 2 is 1.20 bits per heavy atom. The summed E-state index contributed by atoms with van der Waals surface area (Å²) in [6.07, 6.45) is 20.6. The van der Waals surface area contributed by atoms with Crippen LogP contribution in [0.5, 0.6) is 0 Å². The maximum absolute atomic E-state index is 12.0. The number of hydrogen-bond acceptors (Lipinski definition) is 11. The van der Waals surface area contributed by atoms with Gasteiger partial charge in [0.2, 0.25) is 11.8 Å². The summed E-state index contributed by atoms with van der Waals surface area (Å²) in [6.45, 7) is 9.17. The molecule has 9 heterocycles. The molecular weight excluding hydrogens is 790 g/mol. The SMILES string of the molecule is CC(C)c1cnnc(Nc2ccc3ncc(-c4cnn(CCCN5CCCCC5=O)c4)cc3n2)c1.O=C1CCCCN1CCCn1cc(-c2cnc3ccc(Cl)nc3c2)cn1. The van der Waals surface area contributed by atoms with Crippen molar-refractivity contribution in [3.8, 4) is 22.3 Å². The maximum atomic E-state index is 12.0. The highest BCUT2D eigenvalue weighted by atomic mass is 35.5. The summed E-state index contributed by atoms with van der Waals surface area (Å²) in [5.74, 6) is 2.29. The highest BCUT2D eigenvalue weighted by molar-refractivity contribution is 6.29. The predicted octanol–water partition coefficient (Wildman–Crippen LogP) is 8.10. The third-order valence-electron chi connectivity index (χ3n) is 11.0. The van der Waals surface area contributed by atoms with E-state index in [4.69, 9.17) is 16.6 Å². The van der Waals surface area contributed by atoms with Gasteiger partial charge in [-0.2, -0.15) is 15.3 Å². The summed E-state index contributed by atoms with van der Waals surface area (Å²) in [4.78, 5) is 45.8.